The number of aliphatic hydroxyl groups excluding tert-OH is 2. The van der Waals surface area contributed by atoms with Crippen LogP contribution >= 0.6 is 0 Å². The predicted octanol–water partition coefficient (Wildman–Crippen LogP) is 3.11. The molecule has 2 aromatic rings. The standard InChI is InChI=1S/C24H26O9/c1-3-21(25)32-23(27)13-15-29-17-5-9-19(10-6-17)31-20-11-7-18(8-12-20)30-16-14-24(28)33-22(26)4-2/h3-12,23-24,27-28H,1-2,13-16H2. The maximum Gasteiger partial charge on any atom is 0.332 e. The molecule has 0 aromatic heterocycles. The molecule has 33 heavy (non-hydrogen) atoms. The summed E-state index contributed by atoms with van der Waals surface area (Å²) in [5.41, 5.74) is 0. The van der Waals surface area contributed by atoms with Gasteiger partial charge in [-0.15, -0.1) is 0 Å². The smallest absolute Gasteiger partial charge is 0.332 e. The van der Waals surface area contributed by atoms with Crippen LogP contribution < -0.4 is 14.2 Å². The molecule has 176 valence electrons. The van der Waals surface area contributed by atoms with Crippen molar-refractivity contribution < 1.29 is 43.5 Å². The zero-order valence-corrected chi connectivity index (χ0v) is 17.9. The van der Waals surface area contributed by atoms with Gasteiger partial charge in [-0.1, -0.05) is 13.2 Å². The Hall–Kier alpha value is -3.82. The third-order valence-electron chi connectivity index (χ3n) is 3.99. The van der Waals surface area contributed by atoms with Gasteiger partial charge in [-0.05, 0) is 48.5 Å². The van der Waals surface area contributed by atoms with Gasteiger partial charge in [0.25, 0.3) is 0 Å². The molecule has 0 aliphatic heterocycles. The van der Waals surface area contributed by atoms with Crippen molar-refractivity contribution >= 4 is 11.9 Å². The first-order valence-corrected chi connectivity index (χ1v) is 10.1. The molecule has 2 atom stereocenters. The molecule has 0 heterocycles. The minimum atomic E-state index is -1.26. The van der Waals surface area contributed by atoms with Gasteiger partial charge >= 0.3 is 11.9 Å². The summed E-state index contributed by atoms with van der Waals surface area (Å²) in [7, 11) is 0. The lowest BCUT2D eigenvalue weighted by Crippen LogP contribution is -2.18. The second-order valence-electron chi connectivity index (χ2n) is 6.51. The van der Waals surface area contributed by atoms with Crippen LogP contribution in [0.5, 0.6) is 23.0 Å². The van der Waals surface area contributed by atoms with Crippen LogP contribution in [-0.4, -0.2) is 47.9 Å². The van der Waals surface area contributed by atoms with Crippen molar-refractivity contribution in [3.8, 4) is 23.0 Å². The minimum absolute atomic E-state index is 0.116. The number of rotatable bonds is 14. The molecule has 0 aliphatic carbocycles. The van der Waals surface area contributed by atoms with E-state index in [0.717, 1.165) is 12.2 Å². The van der Waals surface area contributed by atoms with Crippen molar-refractivity contribution in [1.29, 1.82) is 0 Å². The third-order valence-corrected chi connectivity index (χ3v) is 3.99. The Bertz CT molecular complexity index is 831. The Balaban J connectivity index is 1.72. The van der Waals surface area contributed by atoms with Gasteiger partial charge in [0, 0.05) is 25.0 Å². The van der Waals surface area contributed by atoms with Crippen LogP contribution in [0, 0.1) is 0 Å². The monoisotopic (exact) mass is 458 g/mol. The highest BCUT2D eigenvalue weighted by atomic mass is 16.6. The van der Waals surface area contributed by atoms with E-state index < -0.39 is 24.5 Å². The summed E-state index contributed by atoms with van der Waals surface area (Å²) >= 11 is 0. The normalized spacial score (nSPS) is 12.1. The fraction of sp³-hybridized carbons (Fsp3) is 0.250. The average Bonchev–Trinajstić information content (AvgIpc) is 2.81. The molecule has 9 heteroatoms. The molecule has 2 unspecified atom stereocenters. The third kappa shape index (κ3) is 9.90. The first-order chi connectivity index (χ1) is 15.9. The average molecular weight is 458 g/mol. The summed E-state index contributed by atoms with van der Waals surface area (Å²) in [4.78, 5) is 22.0. The molecule has 0 amide bonds. The van der Waals surface area contributed by atoms with Crippen LogP contribution in [0.2, 0.25) is 0 Å². The molecule has 0 bridgehead atoms. The molecule has 0 fully saturated rings. The Labute approximate surface area is 191 Å². The summed E-state index contributed by atoms with van der Waals surface area (Å²) in [6, 6.07) is 13.7. The molecule has 0 spiro atoms. The first-order valence-electron chi connectivity index (χ1n) is 10.1. The zero-order valence-electron chi connectivity index (χ0n) is 17.9. The summed E-state index contributed by atoms with van der Waals surface area (Å²) in [5, 5.41) is 19.1. The van der Waals surface area contributed by atoms with Crippen LogP contribution in [0.4, 0.5) is 0 Å². The summed E-state index contributed by atoms with van der Waals surface area (Å²) in [6.07, 6.45) is -0.340. The molecule has 2 rings (SSSR count). The van der Waals surface area contributed by atoms with Gasteiger partial charge in [0.15, 0.2) is 0 Å². The van der Waals surface area contributed by atoms with Crippen molar-refractivity contribution in [1.82, 2.24) is 0 Å². The number of aliphatic hydroxyl groups is 2. The number of benzene rings is 2. The minimum Gasteiger partial charge on any atom is -0.493 e. The van der Waals surface area contributed by atoms with E-state index in [-0.39, 0.29) is 26.1 Å². The van der Waals surface area contributed by atoms with E-state index >= 15 is 0 Å². The fourth-order valence-corrected chi connectivity index (χ4v) is 2.38. The largest absolute Gasteiger partial charge is 0.493 e. The van der Waals surface area contributed by atoms with E-state index in [0.29, 0.717) is 23.0 Å². The molecular formula is C24H26O9. The lowest BCUT2D eigenvalue weighted by atomic mass is 10.3. The highest BCUT2D eigenvalue weighted by molar-refractivity contribution is 5.81. The molecule has 2 aromatic carbocycles. The topological polar surface area (TPSA) is 121 Å². The highest BCUT2D eigenvalue weighted by Crippen LogP contribution is 2.26. The number of carbonyl (C=O) groups is 2. The first kappa shape index (κ1) is 25.4. The van der Waals surface area contributed by atoms with Crippen molar-refractivity contribution in [2.24, 2.45) is 0 Å². The maximum atomic E-state index is 11.0. The van der Waals surface area contributed by atoms with E-state index in [4.69, 9.17) is 14.2 Å². The lowest BCUT2D eigenvalue weighted by molar-refractivity contribution is -0.164. The Morgan fingerprint density at radius 3 is 1.36 bits per heavy atom. The maximum absolute atomic E-state index is 11.0. The van der Waals surface area contributed by atoms with Gasteiger partial charge in [-0.2, -0.15) is 0 Å². The quantitative estimate of drug-likeness (QED) is 0.250. The Morgan fingerprint density at radius 2 is 1.03 bits per heavy atom. The van der Waals surface area contributed by atoms with Gasteiger partial charge < -0.3 is 33.9 Å². The van der Waals surface area contributed by atoms with E-state index in [1.807, 2.05) is 0 Å². The second-order valence-corrected chi connectivity index (χ2v) is 6.51. The van der Waals surface area contributed by atoms with Crippen LogP contribution in [0.3, 0.4) is 0 Å². The summed E-state index contributed by atoms with van der Waals surface area (Å²) < 4.78 is 26.0. The van der Waals surface area contributed by atoms with Crippen LogP contribution in [0.25, 0.3) is 0 Å². The molecule has 0 radical (unpaired) electrons. The van der Waals surface area contributed by atoms with Gasteiger partial charge in [0.05, 0.1) is 13.2 Å². The van der Waals surface area contributed by atoms with E-state index in [1.165, 1.54) is 0 Å². The SMILES string of the molecule is C=CC(=O)OC(O)CCOc1ccc(Oc2ccc(OCCC(O)OC(=O)C=C)cc2)cc1. The van der Waals surface area contributed by atoms with Crippen molar-refractivity contribution in [3.05, 3.63) is 73.8 Å². The van der Waals surface area contributed by atoms with Crippen molar-refractivity contribution in [2.75, 3.05) is 13.2 Å². The molecule has 9 nitrogen and oxygen atoms in total. The Morgan fingerprint density at radius 1 is 0.697 bits per heavy atom. The Kier molecular flexibility index (Phi) is 10.5. The molecule has 2 N–H and O–H groups in total. The van der Waals surface area contributed by atoms with E-state index in [9.17, 15) is 19.8 Å². The van der Waals surface area contributed by atoms with Crippen molar-refractivity contribution in [3.63, 3.8) is 0 Å². The molecular weight excluding hydrogens is 432 g/mol. The predicted molar refractivity (Wildman–Crippen MR) is 118 cm³/mol. The number of carbonyl (C=O) groups excluding carboxylic acids is 2. The van der Waals surface area contributed by atoms with Crippen LogP contribution in [-0.2, 0) is 19.1 Å². The number of hydrogen-bond acceptors (Lipinski definition) is 9. The van der Waals surface area contributed by atoms with Gasteiger partial charge in [-0.25, -0.2) is 9.59 Å². The lowest BCUT2D eigenvalue weighted by Gasteiger charge is -2.12. The molecule has 0 saturated carbocycles. The van der Waals surface area contributed by atoms with Crippen molar-refractivity contribution in [2.45, 2.75) is 25.4 Å². The highest BCUT2D eigenvalue weighted by Gasteiger charge is 2.09. The van der Waals surface area contributed by atoms with Crippen LogP contribution in [0.15, 0.2) is 73.8 Å². The van der Waals surface area contributed by atoms with Crippen LogP contribution in [0.1, 0.15) is 12.8 Å². The van der Waals surface area contributed by atoms with Gasteiger partial charge in [0.1, 0.15) is 23.0 Å². The summed E-state index contributed by atoms with van der Waals surface area (Å²) in [6.45, 7) is 6.81. The zero-order chi connectivity index (χ0) is 24.1. The van der Waals surface area contributed by atoms with E-state index in [2.05, 4.69) is 22.6 Å². The number of hydrogen-bond donors (Lipinski definition) is 2. The molecule has 0 aliphatic rings. The number of esters is 2. The number of ether oxygens (including phenoxy) is 5. The second kappa shape index (κ2) is 13.6. The fourth-order valence-electron chi connectivity index (χ4n) is 2.38. The van der Waals surface area contributed by atoms with Gasteiger partial charge in [-0.3, -0.25) is 0 Å². The van der Waals surface area contributed by atoms with Gasteiger partial charge in [0.2, 0.25) is 12.6 Å². The van der Waals surface area contributed by atoms with E-state index in [1.54, 1.807) is 48.5 Å². The summed E-state index contributed by atoms with van der Waals surface area (Å²) in [5.74, 6) is 0.901. The molecule has 0 saturated heterocycles.